The normalized spacial score (nSPS) is 14.7. The summed E-state index contributed by atoms with van der Waals surface area (Å²) in [6, 6.07) is 6.57. The number of aryl methyl sites for hydroxylation is 1. The van der Waals surface area contributed by atoms with Gasteiger partial charge in [-0.1, -0.05) is 25.4 Å². The molecule has 2 heterocycles. The molecule has 2 nitrogen and oxygen atoms in total. The highest BCUT2D eigenvalue weighted by Gasteiger charge is 2.13. The fraction of sp³-hybridized carbons (Fsp3) is 0.400. The zero-order chi connectivity index (χ0) is 12.7. The number of nitrogens with one attached hydrogen (secondary N) is 1. The third kappa shape index (κ3) is 1.95. The van der Waals surface area contributed by atoms with Gasteiger partial charge in [0.25, 0.3) is 0 Å². The Morgan fingerprint density at radius 3 is 2.89 bits per heavy atom. The predicted octanol–water partition coefficient (Wildman–Crippen LogP) is 4.37. The topological polar surface area (TPSA) is 24.9 Å². The highest BCUT2D eigenvalue weighted by Crippen LogP contribution is 2.31. The van der Waals surface area contributed by atoms with Gasteiger partial charge in [0.1, 0.15) is 5.15 Å². The van der Waals surface area contributed by atoms with E-state index < -0.39 is 0 Å². The first-order valence-electron chi connectivity index (χ1n) is 6.52. The van der Waals surface area contributed by atoms with E-state index in [-0.39, 0.29) is 0 Å². The monoisotopic (exact) mass is 260 g/mol. The first-order valence-corrected chi connectivity index (χ1v) is 6.90. The molecule has 2 aromatic rings. The van der Waals surface area contributed by atoms with Crippen LogP contribution in [0.2, 0.25) is 5.15 Å². The number of benzene rings is 1. The van der Waals surface area contributed by atoms with Crippen molar-refractivity contribution in [2.75, 3.05) is 11.9 Å². The van der Waals surface area contributed by atoms with Crippen LogP contribution in [0.3, 0.4) is 0 Å². The van der Waals surface area contributed by atoms with Gasteiger partial charge in [0, 0.05) is 17.6 Å². The molecule has 0 fully saturated rings. The Morgan fingerprint density at radius 2 is 2.11 bits per heavy atom. The number of nitrogens with zero attached hydrogens (tertiary/aromatic N) is 1. The average Bonchev–Trinajstić information content (AvgIpc) is 2.35. The van der Waals surface area contributed by atoms with Crippen LogP contribution >= 0.6 is 11.6 Å². The minimum absolute atomic E-state index is 0.406. The molecule has 1 aromatic carbocycles. The van der Waals surface area contributed by atoms with Crippen LogP contribution in [-0.4, -0.2) is 11.5 Å². The summed E-state index contributed by atoms with van der Waals surface area (Å²) in [4.78, 5) is 4.53. The van der Waals surface area contributed by atoms with Crippen LogP contribution in [-0.2, 0) is 6.42 Å². The van der Waals surface area contributed by atoms with Crippen molar-refractivity contribution < 1.29 is 0 Å². The highest BCUT2D eigenvalue weighted by molar-refractivity contribution is 6.30. The number of pyridine rings is 1. The lowest BCUT2D eigenvalue weighted by Gasteiger charge is -2.19. The van der Waals surface area contributed by atoms with E-state index in [1.165, 1.54) is 23.1 Å². The lowest BCUT2D eigenvalue weighted by molar-refractivity contribution is 0.831. The van der Waals surface area contributed by atoms with Crippen molar-refractivity contribution in [3.8, 4) is 0 Å². The van der Waals surface area contributed by atoms with Gasteiger partial charge < -0.3 is 5.32 Å². The van der Waals surface area contributed by atoms with E-state index in [2.05, 4.69) is 42.3 Å². The van der Waals surface area contributed by atoms with Crippen molar-refractivity contribution in [3.63, 3.8) is 0 Å². The smallest absolute Gasteiger partial charge is 0.133 e. The maximum Gasteiger partial charge on any atom is 0.133 e. The number of anilines is 1. The molecular formula is C15H17ClN2. The Morgan fingerprint density at radius 1 is 1.28 bits per heavy atom. The Labute approximate surface area is 112 Å². The summed E-state index contributed by atoms with van der Waals surface area (Å²) < 4.78 is 0. The van der Waals surface area contributed by atoms with E-state index in [0.29, 0.717) is 11.1 Å². The van der Waals surface area contributed by atoms with Gasteiger partial charge in [0.2, 0.25) is 0 Å². The molecule has 1 aliphatic heterocycles. The summed E-state index contributed by atoms with van der Waals surface area (Å²) in [6.45, 7) is 5.35. The van der Waals surface area contributed by atoms with Crippen LogP contribution in [0.5, 0.6) is 0 Å². The van der Waals surface area contributed by atoms with Crippen LogP contribution in [0.25, 0.3) is 10.9 Å². The second kappa shape index (κ2) is 4.43. The molecule has 1 aromatic heterocycles. The number of aromatic nitrogens is 1. The average molecular weight is 261 g/mol. The first-order chi connectivity index (χ1) is 8.65. The number of hydrogen-bond donors (Lipinski definition) is 1. The van der Waals surface area contributed by atoms with Gasteiger partial charge in [0.05, 0.1) is 5.52 Å². The molecule has 0 bridgehead atoms. The molecule has 0 amide bonds. The Hall–Kier alpha value is -1.28. The Balaban J connectivity index is 2.21. The highest BCUT2D eigenvalue weighted by atomic mass is 35.5. The number of rotatable bonds is 1. The number of fused-ring (bicyclic) bond motifs is 2. The molecule has 0 saturated carbocycles. The van der Waals surface area contributed by atoms with Crippen LogP contribution in [0, 0.1) is 0 Å². The molecule has 94 valence electrons. The molecule has 0 saturated heterocycles. The largest absolute Gasteiger partial charge is 0.385 e. The molecule has 1 aliphatic rings. The predicted molar refractivity (Wildman–Crippen MR) is 77.7 cm³/mol. The van der Waals surface area contributed by atoms with Crippen molar-refractivity contribution >= 4 is 28.2 Å². The van der Waals surface area contributed by atoms with Crippen LogP contribution < -0.4 is 5.32 Å². The van der Waals surface area contributed by atoms with E-state index in [1.54, 1.807) is 0 Å². The summed E-state index contributed by atoms with van der Waals surface area (Å²) >= 11 is 6.25. The quantitative estimate of drug-likeness (QED) is 0.770. The molecule has 0 spiro atoms. The molecule has 0 radical (unpaired) electrons. The van der Waals surface area contributed by atoms with Gasteiger partial charge in [-0.3, -0.25) is 0 Å². The van der Waals surface area contributed by atoms with Gasteiger partial charge in [0.15, 0.2) is 0 Å². The van der Waals surface area contributed by atoms with Crippen LogP contribution in [0.15, 0.2) is 18.2 Å². The van der Waals surface area contributed by atoms with Gasteiger partial charge >= 0.3 is 0 Å². The van der Waals surface area contributed by atoms with Crippen molar-refractivity contribution in [2.45, 2.75) is 32.6 Å². The maximum atomic E-state index is 6.25. The van der Waals surface area contributed by atoms with E-state index >= 15 is 0 Å². The van der Waals surface area contributed by atoms with Crippen LogP contribution in [0.1, 0.15) is 37.3 Å². The number of halogens is 1. The van der Waals surface area contributed by atoms with Crippen molar-refractivity contribution in [1.82, 2.24) is 4.98 Å². The van der Waals surface area contributed by atoms with Crippen LogP contribution in [0.4, 0.5) is 5.69 Å². The SMILES string of the molecule is CC(C)c1cc2cc3c(cc2nc1Cl)NCCC3. The van der Waals surface area contributed by atoms with E-state index in [9.17, 15) is 0 Å². The summed E-state index contributed by atoms with van der Waals surface area (Å²) in [5.74, 6) is 0.406. The van der Waals surface area contributed by atoms with E-state index in [0.717, 1.165) is 24.0 Å². The summed E-state index contributed by atoms with van der Waals surface area (Å²) in [5.41, 5.74) is 4.73. The summed E-state index contributed by atoms with van der Waals surface area (Å²) in [7, 11) is 0. The van der Waals surface area contributed by atoms with E-state index in [1.807, 2.05) is 0 Å². The fourth-order valence-electron chi connectivity index (χ4n) is 2.54. The molecule has 0 unspecified atom stereocenters. The zero-order valence-corrected chi connectivity index (χ0v) is 11.5. The third-order valence-corrected chi connectivity index (χ3v) is 3.88. The van der Waals surface area contributed by atoms with E-state index in [4.69, 9.17) is 11.6 Å². The first kappa shape index (κ1) is 11.8. The molecule has 3 heteroatoms. The summed E-state index contributed by atoms with van der Waals surface area (Å²) in [6.07, 6.45) is 2.36. The van der Waals surface area contributed by atoms with Gasteiger partial charge in [-0.25, -0.2) is 4.98 Å². The van der Waals surface area contributed by atoms with Gasteiger partial charge in [-0.05, 0) is 48.1 Å². The molecule has 1 N–H and O–H groups in total. The Kier molecular flexibility index (Phi) is 2.90. The second-order valence-electron chi connectivity index (χ2n) is 5.26. The molecule has 3 rings (SSSR count). The minimum Gasteiger partial charge on any atom is -0.385 e. The lowest BCUT2D eigenvalue weighted by atomic mass is 9.98. The lowest BCUT2D eigenvalue weighted by Crippen LogP contribution is -2.11. The molecule has 0 aliphatic carbocycles. The zero-order valence-electron chi connectivity index (χ0n) is 10.8. The standard InChI is InChI=1S/C15H17ClN2/c1-9(2)12-7-11-6-10-4-3-5-17-13(10)8-14(11)18-15(12)16/h6-9,17H,3-5H2,1-2H3. The molecule has 0 atom stereocenters. The third-order valence-electron chi connectivity index (χ3n) is 3.58. The Bertz CT molecular complexity index is 605. The number of hydrogen-bond acceptors (Lipinski definition) is 2. The molecule has 18 heavy (non-hydrogen) atoms. The summed E-state index contributed by atoms with van der Waals surface area (Å²) in [5, 5.41) is 5.26. The van der Waals surface area contributed by atoms with Crippen molar-refractivity contribution in [1.29, 1.82) is 0 Å². The second-order valence-corrected chi connectivity index (χ2v) is 5.61. The fourth-order valence-corrected chi connectivity index (χ4v) is 2.90. The maximum absolute atomic E-state index is 6.25. The van der Waals surface area contributed by atoms with Crippen molar-refractivity contribution in [2.24, 2.45) is 0 Å². The van der Waals surface area contributed by atoms with Gasteiger partial charge in [-0.15, -0.1) is 0 Å². The van der Waals surface area contributed by atoms with Gasteiger partial charge in [-0.2, -0.15) is 0 Å². The minimum atomic E-state index is 0.406. The molecular weight excluding hydrogens is 244 g/mol. The van der Waals surface area contributed by atoms with Crippen molar-refractivity contribution in [3.05, 3.63) is 34.5 Å².